The van der Waals surface area contributed by atoms with E-state index in [1.54, 1.807) is 0 Å². The lowest BCUT2D eigenvalue weighted by atomic mass is 9.90. The zero-order valence-corrected chi connectivity index (χ0v) is 8.29. The van der Waals surface area contributed by atoms with Crippen molar-refractivity contribution >= 4 is 18.3 Å². The molecule has 2 aliphatic carbocycles. The van der Waals surface area contributed by atoms with Gasteiger partial charge in [-0.2, -0.15) is 0 Å². The number of nitrogens with two attached hydrogens (primary N) is 1. The second kappa shape index (κ2) is 3.18. The van der Waals surface area contributed by atoms with Crippen LogP contribution in [0, 0.1) is 17.8 Å². The van der Waals surface area contributed by atoms with E-state index in [0.717, 1.165) is 0 Å². The first kappa shape index (κ1) is 10.9. The Bertz CT molecular complexity index is 371. The SMILES string of the molecule is NC1(C(=O)O)CC(NC=O)C2C(C(=O)O)C21. The molecule has 5 unspecified atom stereocenters. The summed E-state index contributed by atoms with van der Waals surface area (Å²) in [6.45, 7) is 0. The molecular formula is C9H12N2O5. The van der Waals surface area contributed by atoms with Crippen LogP contribution in [-0.2, 0) is 14.4 Å². The Labute approximate surface area is 90.6 Å². The second-order valence-electron chi connectivity index (χ2n) is 4.41. The molecule has 0 bridgehead atoms. The van der Waals surface area contributed by atoms with Crippen LogP contribution in [0.1, 0.15) is 6.42 Å². The van der Waals surface area contributed by atoms with Gasteiger partial charge in [-0.05, 0) is 12.3 Å². The molecule has 7 nitrogen and oxygen atoms in total. The van der Waals surface area contributed by atoms with Crippen LogP contribution in [0.15, 0.2) is 0 Å². The summed E-state index contributed by atoms with van der Waals surface area (Å²) >= 11 is 0. The maximum atomic E-state index is 11.0. The van der Waals surface area contributed by atoms with Gasteiger partial charge in [-0.3, -0.25) is 14.4 Å². The molecule has 7 heteroatoms. The van der Waals surface area contributed by atoms with Gasteiger partial charge in [0.2, 0.25) is 6.41 Å². The Kier molecular flexibility index (Phi) is 2.16. The number of hydrogen-bond acceptors (Lipinski definition) is 4. The lowest BCUT2D eigenvalue weighted by Gasteiger charge is -2.24. The van der Waals surface area contributed by atoms with Crippen LogP contribution in [0.5, 0.6) is 0 Å². The number of fused-ring (bicyclic) bond motifs is 1. The van der Waals surface area contributed by atoms with Gasteiger partial charge in [0.05, 0.1) is 5.92 Å². The Morgan fingerprint density at radius 1 is 1.44 bits per heavy atom. The molecule has 2 aliphatic rings. The van der Waals surface area contributed by atoms with E-state index in [9.17, 15) is 14.4 Å². The molecule has 0 heterocycles. The molecule has 88 valence electrons. The van der Waals surface area contributed by atoms with Crippen LogP contribution in [0.25, 0.3) is 0 Å². The third-order valence-corrected chi connectivity index (χ3v) is 3.66. The summed E-state index contributed by atoms with van der Waals surface area (Å²) in [5.74, 6) is -3.96. The summed E-state index contributed by atoms with van der Waals surface area (Å²) in [5, 5.41) is 20.4. The van der Waals surface area contributed by atoms with E-state index < -0.39 is 35.4 Å². The molecule has 5 atom stereocenters. The predicted molar refractivity (Wildman–Crippen MR) is 50.3 cm³/mol. The molecule has 0 aromatic heterocycles. The molecule has 0 aliphatic heterocycles. The van der Waals surface area contributed by atoms with Crippen molar-refractivity contribution in [2.75, 3.05) is 0 Å². The number of aliphatic carboxylic acids is 2. The van der Waals surface area contributed by atoms with Crippen LogP contribution in [-0.4, -0.2) is 40.1 Å². The highest BCUT2D eigenvalue weighted by Gasteiger charge is 2.73. The van der Waals surface area contributed by atoms with E-state index in [1.165, 1.54) is 0 Å². The zero-order chi connectivity index (χ0) is 12.1. The Balaban J connectivity index is 2.24. The topological polar surface area (TPSA) is 130 Å². The molecule has 2 saturated carbocycles. The largest absolute Gasteiger partial charge is 0.481 e. The van der Waals surface area contributed by atoms with Crippen LogP contribution < -0.4 is 11.1 Å². The molecule has 1 amide bonds. The third kappa shape index (κ3) is 1.21. The summed E-state index contributed by atoms with van der Waals surface area (Å²) < 4.78 is 0. The smallest absolute Gasteiger partial charge is 0.324 e. The molecule has 5 N–H and O–H groups in total. The summed E-state index contributed by atoms with van der Waals surface area (Å²) in [5.41, 5.74) is 4.18. The summed E-state index contributed by atoms with van der Waals surface area (Å²) in [6.07, 6.45) is 0.534. The van der Waals surface area contributed by atoms with Gasteiger partial charge >= 0.3 is 11.9 Å². The van der Waals surface area contributed by atoms with Crippen LogP contribution >= 0.6 is 0 Å². The second-order valence-corrected chi connectivity index (χ2v) is 4.41. The van der Waals surface area contributed by atoms with E-state index in [0.29, 0.717) is 6.41 Å². The predicted octanol–water partition coefficient (Wildman–Crippen LogP) is -1.77. The number of amides is 1. The molecule has 2 rings (SSSR count). The molecule has 2 fully saturated rings. The number of carboxylic acid groups (broad SMARTS) is 2. The standard InChI is InChI=1S/C9H12N2O5/c10-9(8(15)16)1-3(11-2-12)4-5(6(4)9)7(13)14/h2-6H,1,10H2,(H,11,12)(H,13,14)(H,15,16). The lowest BCUT2D eigenvalue weighted by Crippen LogP contribution is -2.51. The summed E-state index contributed by atoms with van der Waals surface area (Å²) in [4.78, 5) is 32.3. The Hall–Kier alpha value is -1.63. The minimum Gasteiger partial charge on any atom is -0.481 e. The van der Waals surface area contributed by atoms with Crippen molar-refractivity contribution in [3.8, 4) is 0 Å². The van der Waals surface area contributed by atoms with Gasteiger partial charge in [0, 0.05) is 12.0 Å². The van der Waals surface area contributed by atoms with E-state index in [2.05, 4.69) is 5.32 Å². The number of rotatable bonds is 4. The van der Waals surface area contributed by atoms with E-state index in [1.807, 2.05) is 0 Å². The van der Waals surface area contributed by atoms with Gasteiger partial charge in [0.1, 0.15) is 5.54 Å². The van der Waals surface area contributed by atoms with Gasteiger partial charge in [-0.15, -0.1) is 0 Å². The van der Waals surface area contributed by atoms with Crippen molar-refractivity contribution in [2.24, 2.45) is 23.5 Å². The Morgan fingerprint density at radius 2 is 2.06 bits per heavy atom. The fraction of sp³-hybridized carbons (Fsp3) is 0.667. The van der Waals surface area contributed by atoms with Crippen molar-refractivity contribution in [1.82, 2.24) is 5.32 Å². The van der Waals surface area contributed by atoms with Crippen LogP contribution in [0.3, 0.4) is 0 Å². The van der Waals surface area contributed by atoms with Crippen molar-refractivity contribution in [3.05, 3.63) is 0 Å². The first-order valence-corrected chi connectivity index (χ1v) is 4.88. The molecule has 0 aromatic carbocycles. The maximum absolute atomic E-state index is 11.0. The molecule has 0 spiro atoms. The van der Waals surface area contributed by atoms with E-state index in [-0.39, 0.29) is 12.3 Å². The van der Waals surface area contributed by atoms with E-state index >= 15 is 0 Å². The normalized spacial score (nSPS) is 44.6. The third-order valence-electron chi connectivity index (χ3n) is 3.66. The van der Waals surface area contributed by atoms with Crippen molar-refractivity contribution in [1.29, 1.82) is 0 Å². The monoisotopic (exact) mass is 228 g/mol. The van der Waals surface area contributed by atoms with Crippen molar-refractivity contribution < 1.29 is 24.6 Å². The van der Waals surface area contributed by atoms with E-state index in [4.69, 9.17) is 15.9 Å². The average molecular weight is 228 g/mol. The fourth-order valence-electron chi connectivity index (χ4n) is 2.94. The summed E-state index contributed by atoms with van der Waals surface area (Å²) in [7, 11) is 0. The highest BCUT2D eigenvalue weighted by molar-refractivity contribution is 5.85. The first-order chi connectivity index (χ1) is 7.43. The lowest BCUT2D eigenvalue weighted by molar-refractivity contribution is -0.145. The number of carboxylic acids is 2. The minimum atomic E-state index is -1.53. The van der Waals surface area contributed by atoms with Gasteiger partial charge in [0.15, 0.2) is 0 Å². The molecule has 0 aromatic rings. The number of hydrogen-bond donors (Lipinski definition) is 4. The van der Waals surface area contributed by atoms with Crippen LogP contribution in [0.4, 0.5) is 0 Å². The van der Waals surface area contributed by atoms with Crippen molar-refractivity contribution in [2.45, 2.75) is 18.0 Å². The van der Waals surface area contributed by atoms with Gasteiger partial charge in [0.25, 0.3) is 0 Å². The Morgan fingerprint density at radius 3 is 2.50 bits per heavy atom. The number of carbonyl (C=O) groups is 3. The van der Waals surface area contributed by atoms with Gasteiger partial charge in [-0.1, -0.05) is 0 Å². The molecule has 16 heavy (non-hydrogen) atoms. The van der Waals surface area contributed by atoms with Crippen molar-refractivity contribution in [3.63, 3.8) is 0 Å². The first-order valence-electron chi connectivity index (χ1n) is 4.88. The number of nitrogens with one attached hydrogen (secondary N) is 1. The number of carbonyl (C=O) groups excluding carboxylic acids is 1. The minimum absolute atomic E-state index is 0.0835. The average Bonchev–Trinajstić information content (AvgIpc) is 2.85. The maximum Gasteiger partial charge on any atom is 0.324 e. The summed E-state index contributed by atoms with van der Waals surface area (Å²) in [6, 6.07) is -0.454. The van der Waals surface area contributed by atoms with Crippen LogP contribution in [0.2, 0.25) is 0 Å². The quantitative estimate of drug-likeness (QED) is 0.421. The molecular weight excluding hydrogens is 216 g/mol. The zero-order valence-electron chi connectivity index (χ0n) is 8.29. The highest BCUT2D eigenvalue weighted by atomic mass is 16.4. The van der Waals surface area contributed by atoms with Gasteiger partial charge in [-0.25, -0.2) is 0 Å². The highest BCUT2D eigenvalue weighted by Crippen LogP contribution is 2.61. The molecule has 0 radical (unpaired) electrons. The molecule has 0 saturated heterocycles. The van der Waals surface area contributed by atoms with Gasteiger partial charge < -0.3 is 21.3 Å². The fourth-order valence-corrected chi connectivity index (χ4v) is 2.94.